The number of hydrogen-bond donors (Lipinski definition) is 1. The highest BCUT2D eigenvalue weighted by Gasteiger charge is 2.26. The Labute approximate surface area is 78.8 Å². The molecule has 0 aliphatic carbocycles. The summed E-state index contributed by atoms with van der Waals surface area (Å²) in [6, 6.07) is 8.69. The fraction of sp³-hybridized carbons (Fsp3) is 0.455. The fourth-order valence-corrected chi connectivity index (χ4v) is 2.12. The maximum atomic E-state index is 9.20. The Hall–Kier alpha value is -1.02. The summed E-state index contributed by atoms with van der Waals surface area (Å²) in [7, 11) is 0. The number of para-hydroxylation sites is 1. The molecule has 0 spiro atoms. The smallest absolute Gasteiger partial charge is 0.0638 e. The number of hydrogen-bond acceptors (Lipinski definition) is 2. The molecule has 0 unspecified atom stereocenters. The topological polar surface area (TPSA) is 23.5 Å². The third-order valence-electron chi connectivity index (χ3n) is 2.75. The minimum absolute atomic E-state index is 0.252. The molecule has 0 saturated carbocycles. The van der Waals surface area contributed by atoms with E-state index in [1.54, 1.807) is 0 Å². The van der Waals surface area contributed by atoms with E-state index in [4.69, 9.17) is 0 Å². The molecule has 2 rings (SSSR count). The predicted molar refractivity (Wildman–Crippen MR) is 54.0 cm³/mol. The molecule has 0 aromatic heterocycles. The zero-order valence-corrected chi connectivity index (χ0v) is 7.90. The van der Waals surface area contributed by atoms with Crippen LogP contribution >= 0.6 is 0 Å². The van der Waals surface area contributed by atoms with E-state index < -0.39 is 0 Å². The van der Waals surface area contributed by atoms with E-state index in [2.05, 4.69) is 36.1 Å². The highest BCUT2D eigenvalue weighted by atomic mass is 16.3. The molecule has 2 heteroatoms. The van der Waals surface area contributed by atoms with E-state index in [0.29, 0.717) is 6.04 Å². The molecule has 2 nitrogen and oxygen atoms in total. The molecule has 0 amide bonds. The SMILES string of the molecule is CCN1c2ccccc2C[C@H]1CO. The summed E-state index contributed by atoms with van der Waals surface area (Å²) in [5.41, 5.74) is 2.66. The average Bonchev–Trinajstić information content (AvgIpc) is 2.55. The van der Waals surface area contributed by atoms with Crippen molar-refractivity contribution in [3.63, 3.8) is 0 Å². The average molecular weight is 177 g/mol. The maximum absolute atomic E-state index is 9.20. The largest absolute Gasteiger partial charge is 0.394 e. The lowest BCUT2D eigenvalue weighted by molar-refractivity contribution is 0.263. The fourth-order valence-electron chi connectivity index (χ4n) is 2.12. The van der Waals surface area contributed by atoms with Crippen molar-refractivity contribution in [3.05, 3.63) is 29.8 Å². The Morgan fingerprint density at radius 2 is 2.23 bits per heavy atom. The van der Waals surface area contributed by atoms with Gasteiger partial charge in [-0.25, -0.2) is 0 Å². The van der Waals surface area contributed by atoms with Gasteiger partial charge in [-0.05, 0) is 25.0 Å². The number of rotatable bonds is 2. The molecule has 70 valence electrons. The quantitative estimate of drug-likeness (QED) is 0.738. The van der Waals surface area contributed by atoms with Crippen LogP contribution in [0.5, 0.6) is 0 Å². The van der Waals surface area contributed by atoms with E-state index in [1.165, 1.54) is 11.3 Å². The standard InChI is InChI=1S/C11H15NO/c1-2-12-10(8-13)7-9-5-3-4-6-11(9)12/h3-6,10,13H,2,7-8H2,1H3/t10-/m0/s1. The normalized spacial score (nSPS) is 20.5. The third kappa shape index (κ3) is 1.31. The van der Waals surface area contributed by atoms with Gasteiger partial charge >= 0.3 is 0 Å². The Balaban J connectivity index is 2.34. The number of nitrogens with zero attached hydrogens (tertiary/aromatic N) is 1. The van der Waals surface area contributed by atoms with E-state index in [1.807, 2.05) is 0 Å². The molecule has 0 fully saturated rings. The second kappa shape index (κ2) is 3.38. The minimum atomic E-state index is 0.252. The number of aliphatic hydroxyl groups is 1. The van der Waals surface area contributed by atoms with E-state index in [-0.39, 0.29) is 6.61 Å². The molecule has 0 radical (unpaired) electrons. The molecule has 1 heterocycles. The molecule has 1 aromatic carbocycles. The van der Waals surface area contributed by atoms with E-state index in [0.717, 1.165) is 13.0 Å². The van der Waals surface area contributed by atoms with Gasteiger partial charge in [0.15, 0.2) is 0 Å². The Morgan fingerprint density at radius 3 is 2.92 bits per heavy atom. The van der Waals surface area contributed by atoms with Crippen LogP contribution in [0.15, 0.2) is 24.3 Å². The summed E-state index contributed by atoms with van der Waals surface area (Å²) in [4.78, 5) is 2.27. The molecule has 1 aliphatic rings. The van der Waals surface area contributed by atoms with Gasteiger partial charge in [0.1, 0.15) is 0 Å². The number of aliphatic hydroxyl groups excluding tert-OH is 1. The van der Waals surface area contributed by atoms with Gasteiger partial charge in [-0.3, -0.25) is 0 Å². The van der Waals surface area contributed by atoms with E-state index >= 15 is 0 Å². The second-order valence-electron chi connectivity index (χ2n) is 3.46. The van der Waals surface area contributed by atoms with Crippen LogP contribution in [0.4, 0.5) is 5.69 Å². The molecule has 13 heavy (non-hydrogen) atoms. The minimum Gasteiger partial charge on any atom is -0.394 e. The van der Waals surface area contributed by atoms with Crippen LogP contribution < -0.4 is 4.90 Å². The van der Waals surface area contributed by atoms with Gasteiger partial charge in [-0.15, -0.1) is 0 Å². The van der Waals surface area contributed by atoms with Gasteiger partial charge in [0.25, 0.3) is 0 Å². The first-order valence-corrected chi connectivity index (χ1v) is 4.82. The van der Waals surface area contributed by atoms with Crippen molar-refractivity contribution in [2.24, 2.45) is 0 Å². The van der Waals surface area contributed by atoms with E-state index in [9.17, 15) is 5.11 Å². The van der Waals surface area contributed by atoms with Crippen molar-refractivity contribution in [1.29, 1.82) is 0 Å². The molecule has 1 N–H and O–H groups in total. The maximum Gasteiger partial charge on any atom is 0.0638 e. The van der Waals surface area contributed by atoms with Crippen molar-refractivity contribution in [1.82, 2.24) is 0 Å². The van der Waals surface area contributed by atoms with Crippen LogP contribution in [0.1, 0.15) is 12.5 Å². The summed E-state index contributed by atoms with van der Waals surface area (Å²) in [6.07, 6.45) is 0.987. The van der Waals surface area contributed by atoms with Crippen molar-refractivity contribution in [3.8, 4) is 0 Å². The summed E-state index contributed by atoms with van der Waals surface area (Å²) < 4.78 is 0. The Bertz CT molecular complexity index is 298. The first-order valence-electron chi connectivity index (χ1n) is 4.82. The van der Waals surface area contributed by atoms with Crippen molar-refractivity contribution in [2.45, 2.75) is 19.4 Å². The lowest BCUT2D eigenvalue weighted by Gasteiger charge is -2.24. The highest BCUT2D eigenvalue weighted by Crippen LogP contribution is 2.31. The van der Waals surface area contributed by atoms with Crippen LogP contribution in [0.3, 0.4) is 0 Å². The summed E-state index contributed by atoms with van der Waals surface area (Å²) in [6.45, 7) is 3.36. The predicted octanol–water partition coefficient (Wildman–Crippen LogP) is 1.43. The second-order valence-corrected chi connectivity index (χ2v) is 3.46. The van der Waals surface area contributed by atoms with Gasteiger partial charge < -0.3 is 10.0 Å². The molecular formula is C11H15NO. The van der Waals surface area contributed by atoms with Gasteiger partial charge in [0, 0.05) is 12.2 Å². The summed E-state index contributed by atoms with van der Waals surface area (Å²) >= 11 is 0. The molecule has 1 atom stereocenters. The van der Waals surface area contributed by atoms with Crippen LogP contribution in [0.2, 0.25) is 0 Å². The highest BCUT2D eigenvalue weighted by molar-refractivity contribution is 5.59. The molecule has 1 aromatic rings. The van der Waals surface area contributed by atoms with Gasteiger partial charge in [-0.1, -0.05) is 18.2 Å². The number of benzene rings is 1. The first kappa shape index (κ1) is 8.57. The zero-order valence-electron chi connectivity index (χ0n) is 7.90. The van der Waals surface area contributed by atoms with Crippen molar-refractivity contribution >= 4 is 5.69 Å². The van der Waals surface area contributed by atoms with Crippen LogP contribution in [0.25, 0.3) is 0 Å². The number of likely N-dealkylation sites (N-methyl/N-ethyl adjacent to an activating group) is 1. The van der Waals surface area contributed by atoms with Gasteiger partial charge in [-0.2, -0.15) is 0 Å². The zero-order chi connectivity index (χ0) is 9.26. The first-order chi connectivity index (χ1) is 6.36. The molecular weight excluding hydrogens is 162 g/mol. The lowest BCUT2D eigenvalue weighted by atomic mass is 10.1. The Kier molecular flexibility index (Phi) is 2.23. The summed E-state index contributed by atoms with van der Waals surface area (Å²) in [5.74, 6) is 0. The molecule has 1 aliphatic heterocycles. The number of anilines is 1. The Morgan fingerprint density at radius 1 is 1.46 bits per heavy atom. The monoisotopic (exact) mass is 177 g/mol. The number of fused-ring (bicyclic) bond motifs is 1. The van der Waals surface area contributed by atoms with Crippen molar-refractivity contribution in [2.75, 3.05) is 18.1 Å². The van der Waals surface area contributed by atoms with Gasteiger partial charge in [0.05, 0.1) is 12.6 Å². The third-order valence-corrected chi connectivity index (χ3v) is 2.75. The van der Waals surface area contributed by atoms with Crippen LogP contribution in [-0.2, 0) is 6.42 Å². The lowest BCUT2D eigenvalue weighted by Crippen LogP contribution is -2.34. The van der Waals surface area contributed by atoms with Crippen LogP contribution in [0, 0.1) is 0 Å². The van der Waals surface area contributed by atoms with Gasteiger partial charge in [0.2, 0.25) is 0 Å². The molecule has 0 saturated heterocycles. The van der Waals surface area contributed by atoms with Crippen LogP contribution in [-0.4, -0.2) is 24.3 Å². The molecule has 0 bridgehead atoms. The van der Waals surface area contributed by atoms with Crippen molar-refractivity contribution < 1.29 is 5.11 Å². The summed E-state index contributed by atoms with van der Waals surface area (Å²) in [5, 5.41) is 9.20.